The van der Waals surface area contributed by atoms with Crippen LogP contribution in [-0.2, 0) is 4.74 Å². The quantitative estimate of drug-likeness (QED) is 0.791. The van der Waals surface area contributed by atoms with Gasteiger partial charge in [0.2, 0.25) is 0 Å². The van der Waals surface area contributed by atoms with Gasteiger partial charge in [-0.15, -0.1) is 0 Å². The van der Waals surface area contributed by atoms with Gasteiger partial charge in [-0.05, 0) is 25.0 Å². The van der Waals surface area contributed by atoms with Gasteiger partial charge in [-0.3, -0.25) is 0 Å². The Bertz CT molecular complexity index is 317. The van der Waals surface area contributed by atoms with Crippen LogP contribution in [0.15, 0.2) is 18.2 Å². The summed E-state index contributed by atoms with van der Waals surface area (Å²) in [6.45, 7) is 0.562. The zero-order valence-corrected chi connectivity index (χ0v) is 9.30. The topological polar surface area (TPSA) is 29.5 Å². The second kappa shape index (κ2) is 6.05. The Morgan fingerprint density at radius 1 is 1.53 bits per heavy atom. The first-order valence-electron chi connectivity index (χ1n) is 4.77. The molecule has 1 atom stereocenters. The van der Waals surface area contributed by atoms with Crippen molar-refractivity contribution < 1.29 is 14.2 Å². The van der Waals surface area contributed by atoms with E-state index in [1.807, 2.05) is 0 Å². The smallest absolute Gasteiger partial charge is 0.130 e. The summed E-state index contributed by atoms with van der Waals surface area (Å²) in [7, 11) is 1.59. The molecule has 0 bridgehead atoms. The average Bonchev–Trinajstić information content (AvgIpc) is 2.17. The SMILES string of the molecule is COCCCC(O)c1ccc(Cl)cc1F. The lowest BCUT2D eigenvalue weighted by Gasteiger charge is -2.11. The molecule has 0 aliphatic rings. The van der Waals surface area contributed by atoms with E-state index < -0.39 is 11.9 Å². The van der Waals surface area contributed by atoms with E-state index in [4.69, 9.17) is 16.3 Å². The van der Waals surface area contributed by atoms with Crippen molar-refractivity contribution in [2.75, 3.05) is 13.7 Å². The summed E-state index contributed by atoms with van der Waals surface area (Å²) >= 11 is 5.61. The Morgan fingerprint density at radius 3 is 2.87 bits per heavy atom. The molecule has 1 aromatic carbocycles. The van der Waals surface area contributed by atoms with Gasteiger partial charge in [0.05, 0.1) is 6.10 Å². The standard InChI is InChI=1S/C11H14ClFO2/c1-15-6-2-3-11(14)9-5-4-8(12)7-10(9)13/h4-5,7,11,14H,2-3,6H2,1H3. The van der Waals surface area contributed by atoms with Crippen molar-refractivity contribution in [3.63, 3.8) is 0 Å². The maximum absolute atomic E-state index is 13.3. The highest BCUT2D eigenvalue weighted by atomic mass is 35.5. The minimum absolute atomic E-state index is 0.288. The van der Waals surface area contributed by atoms with Crippen LogP contribution < -0.4 is 0 Å². The van der Waals surface area contributed by atoms with E-state index in [1.165, 1.54) is 12.1 Å². The third-order valence-electron chi connectivity index (χ3n) is 2.15. The number of methoxy groups -OCH3 is 1. The van der Waals surface area contributed by atoms with Gasteiger partial charge in [0.25, 0.3) is 0 Å². The number of aliphatic hydroxyl groups is 1. The Balaban J connectivity index is 2.61. The Labute approximate surface area is 93.6 Å². The lowest BCUT2D eigenvalue weighted by Crippen LogP contribution is -2.02. The van der Waals surface area contributed by atoms with Gasteiger partial charge in [0, 0.05) is 24.3 Å². The van der Waals surface area contributed by atoms with Gasteiger partial charge < -0.3 is 9.84 Å². The molecule has 1 unspecified atom stereocenters. The number of benzene rings is 1. The first kappa shape index (κ1) is 12.4. The van der Waals surface area contributed by atoms with Gasteiger partial charge >= 0.3 is 0 Å². The molecule has 15 heavy (non-hydrogen) atoms. The second-order valence-corrected chi connectivity index (χ2v) is 3.75. The Kier molecular flexibility index (Phi) is 5.02. The van der Waals surface area contributed by atoms with Crippen LogP contribution in [0.4, 0.5) is 4.39 Å². The molecule has 0 aromatic heterocycles. The van der Waals surface area contributed by atoms with Crippen LogP contribution >= 0.6 is 11.6 Å². The van der Waals surface area contributed by atoms with E-state index in [2.05, 4.69) is 0 Å². The third kappa shape index (κ3) is 3.78. The molecule has 0 aliphatic heterocycles. The summed E-state index contributed by atoms with van der Waals surface area (Å²) in [5.41, 5.74) is 0.288. The van der Waals surface area contributed by atoms with Crippen molar-refractivity contribution in [2.45, 2.75) is 18.9 Å². The Hall–Kier alpha value is -0.640. The van der Waals surface area contributed by atoms with Crippen LogP contribution in [0.25, 0.3) is 0 Å². The fourth-order valence-electron chi connectivity index (χ4n) is 1.35. The highest BCUT2D eigenvalue weighted by Gasteiger charge is 2.12. The van der Waals surface area contributed by atoms with Crippen molar-refractivity contribution >= 4 is 11.6 Å². The van der Waals surface area contributed by atoms with Gasteiger partial charge in [-0.1, -0.05) is 17.7 Å². The average molecular weight is 233 g/mol. The van der Waals surface area contributed by atoms with Crippen LogP contribution in [0.3, 0.4) is 0 Å². The van der Waals surface area contributed by atoms with Crippen molar-refractivity contribution in [1.29, 1.82) is 0 Å². The molecular formula is C11H14ClFO2. The van der Waals surface area contributed by atoms with E-state index in [0.717, 1.165) is 0 Å². The molecule has 0 radical (unpaired) electrons. The number of rotatable bonds is 5. The Morgan fingerprint density at radius 2 is 2.27 bits per heavy atom. The molecule has 0 saturated heterocycles. The number of hydrogen-bond acceptors (Lipinski definition) is 2. The lowest BCUT2D eigenvalue weighted by atomic mass is 10.0. The largest absolute Gasteiger partial charge is 0.388 e. The molecule has 0 saturated carbocycles. The van der Waals surface area contributed by atoms with Crippen molar-refractivity contribution in [1.82, 2.24) is 0 Å². The fourth-order valence-corrected chi connectivity index (χ4v) is 1.51. The van der Waals surface area contributed by atoms with Crippen molar-refractivity contribution in [2.24, 2.45) is 0 Å². The monoisotopic (exact) mass is 232 g/mol. The molecular weight excluding hydrogens is 219 g/mol. The maximum Gasteiger partial charge on any atom is 0.130 e. The summed E-state index contributed by atoms with van der Waals surface area (Å²) in [6, 6.07) is 4.28. The van der Waals surface area contributed by atoms with Gasteiger partial charge in [-0.2, -0.15) is 0 Å². The van der Waals surface area contributed by atoms with Crippen LogP contribution in [-0.4, -0.2) is 18.8 Å². The summed E-state index contributed by atoms with van der Waals surface area (Å²) in [6.07, 6.45) is 0.379. The minimum atomic E-state index is -0.794. The maximum atomic E-state index is 13.3. The van der Waals surface area contributed by atoms with Gasteiger partial charge in [0.15, 0.2) is 0 Å². The molecule has 0 fully saturated rings. The van der Waals surface area contributed by atoms with E-state index in [0.29, 0.717) is 24.5 Å². The third-order valence-corrected chi connectivity index (χ3v) is 2.38. The predicted octanol–water partition coefficient (Wildman–Crippen LogP) is 2.94. The van der Waals surface area contributed by atoms with E-state index in [9.17, 15) is 9.50 Å². The molecule has 1 N–H and O–H groups in total. The molecule has 0 spiro atoms. The van der Waals surface area contributed by atoms with Crippen LogP contribution in [0.1, 0.15) is 24.5 Å². The minimum Gasteiger partial charge on any atom is -0.388 e. The molecule has 1 rings (SSSR count). The molecule has 2 nitrogen and oxygen atoms in total. The van der Waals surface area contributed by atoms with Crippen LogP contribution in [0.2, 0.25) is 5.02 Å². The van der Waals surface area contributed by atoms with E-state index >= 15 is 0 Å². The summed E-state index contributed by atoms with van der Waals surface area (Å²) < 4.78 is 18.2. The molecule has 84 valence electrons. The lowest BCUT2D eigenvalue weighted by molar-refractivity contribution is 0.133. The van der Waals surface area contributed by atoms with E-state index in [1.54, 1.807) is 13.2 Å². The first-order chi connectivity index (χ1) is 7.15. The zero-order valence-electron chi connectivity index (χ0n) is 8.54. The normalized spacial score (nSPS) is 12.8. The second-order valence-electron chi connectivity index (χ2n) is 3.32. The van der Waals surface area contributed by atoms with Gasteiger partial charge in [-0.25, -0.2) is 4.39 Å². The summed E-state index contributed by atoms with van der Waals surface area (Å²) in [5.74, 6) is -0.465. The summed E-state index contributed by atoms with van der Waals surface area (Å²) in [4.78, 5) is 0. The number of ether oxygens (including phenoxy) is 1. The number of halogens is 2. The molecule has 0 heterocycles. The number of hydrogen-bond donors (Lipinski definition) is 1. The zero-order chi connectivity index (χ0) is 11.3. The van der Waals surface area contributed by atoms with E-state index in [-0.39, 0.29) is 5.56 Å². The highest BCUT2D eigenvalue weighted by molar-refractivity contribution is 6.30. The molecule has 0 aliphatic carbocycles. The van der Waals surface area contributed by atoms with Crippen LogP contribution in [0, 0.1) is 5.82 Å². The first-order valence-corrected chi connectivity index (χ1v) is 5.15. The van der Waals surface area contributed by atoms with Crippen molar-refractivity contribution in [3.8, 4) is 0 Å². The molecule has 1 aromatic rings. The fraction of sp³-hybridized carbons (Fsp3) is 0.455. The van der Waals surface area contributed by atoms with Gasteiger partial charge in [0.1, 0.15) is 5.82 Å². The summed E-state index contributed by atoms with van der Waals surface area (Å²) in [5, 5.41) is 10.0. The van der Waals surface area contributed by atoms with Crippen molar-refractivity contribution in [3.05, 3.63) is 34.6 Å². The number of aliphatic hydroxyl groups excluding tert-OH is 1. The molecule has 0 amide bonds. The predicted molar refractivity (Wildman–Crippen MR) is 57.5 cm³/mol. The molecule has 4 heteroatoms. The van der Waals surface area contributed by atoms with Crippen LogP contribution in [0.5, 0.6) is 0 Å². The highest BCUT2D eigenvalue weighted by Crippen LogP contribution is 2.23.